The predicted octanol–water partition coefficient (Wildman–Crippen LogP) is 2.73. The van der Waals surface area contributed by atoms with Gasteiger partial charge in [0.2, 0.25) is 5.91 Å². The summed E-state index contributed by atoms with van der Waals surface area (Å²) in [7, 11) is 0. The molecule has 1 heterocycles. The van der Waals surface area contributed by atoms with Crippen LogP contribution < -0.4 is 16.4 Å². The van der Waals surface area contributed by atoms with Gasteiger partial charge < -0.3 is 26.2 Å². The van der Waals surface area contributed by atoms with Crippen molar-refractivity contribution in [2.24, 2.45) is 5.73 Å². The zero-order valence-electron chi connectivity index (χ0n) is 19.1. The first kappa shape index (κ1) is 25.7. The quantitative estimate of drug-likeness (QED) is 0.254. The van der Waals surface area contributed by atoms with Crippen molar-refractivity contribution >= 4 is 35.2 Å². The van der Waals surface area contributed by atoms with E-state index >= 15 is 0 Å². The van der Waals surface area contributed by atoms with Crippen molar-refractivity contribution in [2.45, 2.75) is 32.0 Å². The highest BCUT2D eigenvalue weighted by Crippen LogP contribution is 2.15. The number of nitrogens with one attached hydrogen (secondary N) is 2. The molecule has 1 aromatic heterocycles. The summed E-state index contributed by atoms with van der Waals surface area (Å²) in [4.78, 5) is 39.1. The number of thiophene rings is 1. The molecule has 2 atom stereocenters. The Labute approximate surface area is 207 Å². The van der Waals surface area contributed by atoms with Crippen LogP contribution in [-0.2, 0) is 32.1 Å². The Bertz CT molecular complexity index is 1160. The molecule has 0 fully saturated rings. The number of hydrogen-bond acceptors (Lipinski definition) is 7. The first-order chi connectivity index (χ1) is 16.8. The minimum absolute atomic E-state index is 0.0404. The summed E-state index contributed by atoms with van der Waals surface area (Å²) in [6.45, 7) is 1.55. The third kappa shape index (κ3) is 8.09. The predicted molar refractivity (Wildman–Crippen MR) is 134 cm³/mol. The summed E-state index contributed by atoms with van der Waals surface area (Å²) in [5, 5.41) is 16.6. The Morgan fingerprint density at radius 3 is 2.37 bits per heavy atom. The monoisotopic (exact) mass is 493 g/mol. The van der Waals surface area contributed by atoms with E-state index in [2.05, 4.69) is 10.6 Å². The van der Waals surface area contributed by atoms with Crippen LogP contribution in [0, 0.1) is 0 Å². The van der Waals surface area contributed by atoms with Gasteiger partial charge in [0.1, 0.15) is 24.1 Å². The summed E-state index contributed by atoms with van der Waals surface area (Å²) in [6.07, 6.45) is 1.64. The lowest BCUT2D eigenvalue weighted by Crippen LogP contribution is -2.47. The van der Waals surface area contributed by atoms with Gasteiger partial charge in [-0.3, -0.25) is 9.59 Å². The summed E-state index contributed by atoms with van der Waals surface area (Å²) >= 11 is 1.38. The summed E-state index contributed by atoms with van der Waals surface area (Å²) in [6, 6.07) is 17.2. The van der Waals surface area contributed by atoms with Crippen molar-refractivity contribution in [2.75, 3.05) is 0 Å². The minimum atomic E-state index is -1.05. The number of esters is 1. The van der Waals surface area contributed by atoms with Crippen LogP contribution in [0.2, 0.25) is 0 Å². The van der Waals surface area contributed by atoms with Crippen LogP contribution in [0.4, 0.5) is 0 Å². The molecule has 0 aliphatic carbocycles. The number of rotatable bonds is 10. The number of carbonyl (C=O) groups is 3. The molecule has 0 radical (unpaired) electrons. The van der Waals surface area contributed by atoms with Crippen molar-refractivity contribution in [1.82, 2.24) is 10.6 Å². The van der Waals surface area contributed by atoms with Gasteiger partial charge in [0.15, 0.2) is 0 Å². The van der Waals surface area contributed by atoms with Crippen LogP contribution in [0.3, 0.4) is 0 Å². The van der Waals surface area contributed by atoms with Crippen LogP contribution in [-0.4, -0.2) is 35.0 Å². The maximum atomic E-state index is 13.2. The highest BCUT2D eigenvalue weighted by Gasteiger charge is 2.26. The van der Waals surface area contributed by atoms with Crippen molar-refractivity contribution in [3.63, 3.8) is 0 Å². The fraction of sp³-hybridized carbons (Fsp3) is 0.192. The van der Waals surface area contributed by atoms with Gasteiger partial charge >= 0.3 is 5.97 Å². The molecule has 0 spiro atoms. The Hall–Kier alpha value is -3.95. The van der Waals surface area contributed by atoms with Gasteiger partial charge in [0, 0.05) is 11.3 Å². The largest absolute Gasteiger partial charge is 0.508 e. The van der Waals surface area contributed by atoms with Gasteiger partial charge in [-0.15, -0.1) is 11.3 Å². The molecule has 0 aliphatic heterocycles. The SMILES string of the molecule is C[C@H](N)C(=O)NC(=Cc1cccs1)C(=O)N[C@@H](Cc1ccc(O)cc1)C(=O)OCc1ccccc1. The Kier molecular flexibility index (Phi) is 9.16. The van der Waals surface area contributed by atoms with E-state index in [0.29, 0.717) is 5.56 Å². The van der Waals surface area contributed by atoms with Crippen molar-refractivity contribution in [3.8, 4) is 5.75 Å². The molecule has 3 rings (SSSR count). The second-order valence-electron chi connectivity index (χ2n) is 7.84. The molecule has 3 aromatic rings. The number of amides is 2. The molecule has 9 heteroatoms. The van der Waals surface area contributed by atoms with Gasteiger partial charge in [-0.1, -0.05) is 48.5 Å². The normalized spacial score (nSPS) is 12.9. The average Bonchev–Trinajstić information content (AvgIpc) is 3.36. The number of aromatic hydroxyl groups is 1. The molecule has 0 saturated carbocycles. The molecule has 8 nitrogen and oxygen atoms in total. The minimum Gasteiger partial charge on any atom is -0.508 e. The Balaban J connectivity index is 1.81. The van der Waals surface area contributed by atoms with Crippen molar-refractivity contribution in [1.29, 1.82) is 0 Å². The number of ether oxygens (including phenoxy) is 1. The molecule has 0 aliphatic rings. The molecule has 0 bridgehead atoms. The third-order valence-electron chi connectivity index (χ3n) is 4.94. The fourth-order valence-corrected chi connectivity index (χ4v) is 3.70. The summed E-state index contributed by atoms with van der Waals surface area (Å²) in [5.41, 5.74) is 7.12. The van der Waals surface area contributed by atoms with E-state index in [0.717, 1.165) is 10.4 Å². The van der Waals surface area contributed by atoms with Gasteiger partial charge in [0.05, 0.1) is 6.04 Å². The van der Waals surface area contributed by atoms with Gasteiger partial charge in [0.25, 0.3) is 5.91 Å². The van der Waals surface area contributed by atoms with Crippen LogP contribution >= 0.6 is 11.3 Å². The zero-order valence-corrected chi connectivity index (χ0v) is 20.0. The number of nitrogens with two attached hydrogens (primary N) is 1. The molecular formula is C26H27N3O5S. The molecule has 2 amide bonds. The van der Waals surface area contributed by atoms with Crippen LogP contribution in [0.25, 0.3) is 6.08 Å². The summed E-state index contributed by atoms with van der Waals surface area (Å²) < 4.78 is 5.46. The second-order valence-corrected chi connectivity index (χ2v) is 8.82. The second kappa shape index (κ2) is 12.5. The fourth-order valence-electron chi connectivity index (χ4n) is 3.05. The lowest BCUT2D eigenvalue weighted by atomic mass is 10.1. The molecular weight excluding hydrogens is 466 g/mol. The van der Waals surface area contributed by atoms with E-state index in [1.807, 2.05) is 41.8 Å². The van der Waals surface area contributed by atoms with Crippen LogP contribution in [0.15, 0.2) is 77.8 Å². The number of hydrogen-bond donors (Lipinski definition) is 4. The highest BCUT2D eigenvalue weighted by atomic mass is 32.1. The van der Waals surface area contributed by atoms with E-state index in [1.165, 1.54) is 36.5 Å². The van der Waals surface area contributed by atoms with E-state index in [1.54, 1.807) is 18.2 Å². The standard InChI is InChI=1S/C26H27N3O5S/c1-17(27)24(31)28-22(15-21-8-5-13-35-21)25(32)29-23(14-18-9-11-20(30)12-10-18)26(33)34-16-19-6-3-2-4-7-19/h2-13,15,17,23,30H,14,16,27H2,1H3,(H,28,31)(H,29,32)/t17-,23-/m0/s1. The maximum Gasteiger partial charge on any atom is 0.329 e. The van der Waals surface area contributed by atoms with Gasteiger partial charge in [-0.25, -0.2) is 4.79 Å². The molecule has 0 saturated heterocycles. The lowest BCUT2D eigenvalue weighted by Gasteiger charge is -2.20. The molecule has 0 unspecified atom stereocenters. The number of phenols is 1. The number of phenolic OH excluding ortho intramolecular Hbond substituents is 1. The van der Waals surface area contributed by atoms with E-state index in [-0.39, 0.29) is 24.5 Å². The van der Waals surface area contributed by atoms with Crippen LogP contribution in [0.5, 0.6) is 5.75 Å². The smallest absolute Gasteiger partial charge is 0.329 e. The van der Waals surface area contributed by atoms with Gasteiger partial charge in [-0.2, -0.15) is 0 Å². The number of carbonyl (C=O) groups excluding carboxylic acids is 3. The first-order valence-electron chi connectivity index (χ1n) is 10.9. The molecule has 5 N–H and O–H groups in total. The van der Waals surface area contributed by atoms with E-state index in [9.17, 15) is 19.5 Å². The maximum absolute atomic E-state index is 13.2. The zero-order chi connectivity index (χ0) is 25.2. The van der Waals surface area contributed by atoms with Crippen molar-refractivity contribution < 1.29 is 24.2 Å². The van der Waals surface area contributed by atoms with Crippen molar-refractivity contribution in [3.05, 3.63) is 93.8 Å². The Morgan fingerprint density at radius 1 is 1.03 bits per heavy atom. The van der Waals surface area contributed by atoms with Crippen LogP contribution in [0.1, 0.15) is 22.9 Å². The molecule has 182 valence electrons. The topological polar surface area (TPSA) is 131 Å². The average molecular weight is 494 g/mol. The highest BCUT2D eigenvalue weighted by molar-refractivity contribution is 7.10. The number of benzene rings is 2. The molecule has 2 aromatic carbocycles. The summed E-state index contributed by atoms with van der Waals surface area (Å²) in [5.74, 6) is -1.75. The van der Waals surface area contributed by atoms with E-state index < -0.39 is 29.9 Å². The third-order valence-corrected chi connectivity index (χ3v) is 5.76. The first-order valence-corrected chi connectivity index (χ1v) is 11.8. The van der Waals surface area contributed by atoms with Gasteiger partial charge in [-0.05, 0) is 47.7 Å². The van der Waals surface area contributed by atoms with E-state index in [4.69, 9.17) is 10.5 Å². The Morgan fingerprint density at radius 2 is 1.74 bits per heavy atom. The molecule has 35 heavy (non-hydrogen) atoms. The lowest BCUT2D eigenvalue weighted by molar-refractivity contribution is -0.148.